The van der Waals surface area contributed by atoms with E-state index in [0.717, 1.165) is 16.0 Å². The Bertz CT molecular complexity index is 584. The van der Waals surface area contributed by atoms with E-state index in [1.807, 2.05) is 30.3 Å². The maximum absolute atomic E-state index is 13.6. The first-order chi connectivity index (χ1) is 9.60. The lowest BCUT2D eigenvalue weighted by Crippen LogP contribution is -1.91. The van der Waals surface area contributed by atoms with Gasteiger partial charge in [0.15, 0.2) is 11.6 Å². The maximum Gasteiger partial charge on any atom is 0.165 e. The summed E-state index contributed by atoms with van der Waals surface area (Å²) in [6.45, 7) is 1.74. The first-order valence-corrected chi connectivity index (χ1v) is 7.32. The summed E-state index contributed by atoms with van der Waals surface area (Å²) < 4.78 is 18.5. The molecule has 1 atom stereocenters. The number of methoxy groups -OCH3 is 1. The van der Waals surface area contributed by atoms with Crippen LogP contribution in [0.5, 0.6) is 5.75 Å². The van der Waals surface area contributed by atoms with Gasteiger partial charge in [-0.3, -0.25) is 0 Å². The van der Waals surface area contributed by atoms with Crippen molar-refractivity contribution in [2.45, 2.75) is 23.7 Å². The number of hydrogen-bond donors (Lipinski definition) is 1. The average molecular weight is 292 g/mol. The largest absolute Gasteiger partial charge is 0.494 e. The number of hydrogen-bond acceptors (Lipinski definition) is 3. The standard InChI is InChI=1S/C16H17FO2S/c1-11(18)13-4-3-5-14(9-13)20-10-12-6-7-16(19-2)15(17)8-12/h3-9,11,18H,10H2,1-2H3. The van der Waals surface area contributed by atoms with Crippen molar-refractivity contribution in [1.82, 2.24) is 0 Å². The molecule has 0 spiro atoms. The molecule has 0 heterocycles. The maximum atomic E-state index is 13.6. The lowest BCUT2D eigenvalue weighted by Gasteiger charge is -2.08. The fraction of sp³-hybridized carbons (Fsp3) is 0.250. The highest BCUT2D eigenvalue weighted by molar-refractivity contribution is 7.98. The molecule has 0 aliphatic carbocycles. The molecule has 0 aliphatic rings. The molecular formula is C16H17FO2S. The summed E-state index contributed by atoms with van der Waals surface area (Å²) in [6, 6.07) is 12.7. The lowest BCUT2D eigenvalue weighted by atomic mass is 10.1. The highest BCUT2D eigenvalue weighted by Crippen LogP contribution is 2.27. The van der Waals surface area contributed by atoms with Crippen LogP contribution < -0.4 is 4.74 Å². The van der Waals surface area contributed by atoms with Gasteiger partial charge in [-0.15, -0.1) is 11.8 Å². The second-order valence-corrected chi connectivity index (χ2v) is 5.55. The summed E-state index contributed by atoms with van der Waals surface area (Å²) in [4.78, 5) is 1.06. The Morgan fingerprint density at radius 3 is 2.70 bits per heavy atom. The summed E-state index contributed by atoms with van der Waals surface area (Å²) in [5.74, 6) is 0.586. The second-order valence-electron chi connectivity index (χ2n) is 4.51. The van der Waals surface area contributed by atoms with Crippen molar-refractivity contribution in [1.29, 1.82) is 0 Å². The van der Waals surface area contributed by atoms with Crippen LogP contribution in [0.4, 0.5) is 4.39 Å². The van der Waals surface area contributed by atoms with E-state index in [2.05, 4.69) is 0 Å². The van der Waals surface area contributed by atoms with Crippen LogP contribution in [0.15, 0.2) is 47.4 Å². The third-order valence-electron chi connectivity index (χ3n) is 2.96. The summed E-state index contributed by atoms with van der Waals surface area (Å²) in [5, 5.41) is 9.55. The van der Waals surface area contributed by atoms with Gasteiger partial charge >= 0.3 is 0 Å². The smallest absolute Gasteiger partial charge is 0.165 e. The van der Waals surface area contributed by atoms with Crippen LogP contribution in [-0.2, 0) is 5.75 Å². The minimum atomic E-state index is -0.478. The highest BCUT2D eigenvalue weighted by atomic mass is 32.2. The Kier molecular flexibility index (Phi) is 5.04. The molecule has 2 rings (SSSR count). The van der Waals surface area contributed by atoms with Crippen molar-refractivity contribution in [2.75, 3.05) is 7.11 Å². The van der Waals surface area contributed by atoms with Gasteiger partial charge in [0.25, 0.3) is 0 Å². The first kappa shape index (κ1) is 14.9. The molecule has 0 radical (unpaired) electrons. The van der Waals surface area contributed by atoms with Crippen molar-refractivity contribution in [3.8, 4) is 5.75 Å². The molecule has 2 aromatic carbocycles. The Labute approximate surface area is 122 Å². The number of aliphatic hydroxyl groups is 1. The quantitative estimate of drug-likeness (QED) is 0.838. The van der Waals surface area contributed by atoms with Gasteiger partial charge in [0.1, 0.15) is 0 Å². The molecule has 2 aromatic rings. The van der Waals surface area contributed by atoms with E-state index >= 15 is 0 Å². The highest BCUT2D eigenvalue weighted by Gasteiger charge is 2.05. The van der Waals surface area contributed by atoms with Crippen LogP contribution in [0.25, 0.3) is 0 Å². The number of benzene rings is 2. The van der Waals surface area contributed by atoms with Crippen LogP contribution in [0.3, 0.4) is 0 Å². The zero-order chi connectivity index (χ0) is 14.5. The van der Waals surface area contributed by atoms with Crippen molar-refractivity contribution in [3.63, 3.8) is 0 Å². The Morgan fingerprint density at radius 1 is 1.25 bits per heavy atom. The van der Waals surface area contributed by atoms with E-state index in [-0.39, 0.29) is 11.6 Å². The molecule has 0 fully saturated rings. The van der Waals surface area contributed by atoms with Crippen LogP contribution in [0.1, 0.15) is 24.2 Å². The van der Waals surface area contributed by atoms with Gasteiger partial charge in [-0.25, -0.2) is 4.39 Å². The summed E-state index contributed by atoms with van der Waals surface area (Å²) in [6.07, 6.45) is -0.478. The SMILES string of the molecule is COc1ccc(CSc2cccc(C(C)O)c2)cc1F. The normalized spacial score (nSPS) is 12.2. The van der Waals surface area contributed by atoms with Crippen LogP contribution in [-0.4, -0.2) is 12.2 Å². The number of ether oxygens (including phenoxy) is 1. The zero-order valence-corrected chi connectivity index (χ0v) is 12.3. The number of aliphatic hydroxyl groups excluding tert-OH is 1. The molecule has 2 nitrogen and oxygen atoms in total. The monoisotopic (exact) mass is 292 g/mol. The van der Waals surface area contributed by atoms with E-state index < -0.39 is 6.10 Å². The molecule has 0 aromatic heterocycles. The second kappa shape index (κ2) is 6.77. The molecule has 1 N–H and O–H groups in total. The Hall–Kier alpha value is -1.52. The van der Waals surface area contributed by atoms with Crippen LogP contribution >= 0.6 is 11.8 Å². The van der Waals surface area contributed by atoms with Gasteiger partial charge in [0.05, 0.1) is 13.2 Å². The van der Waals surface area contributed by atoms with E-state index in [1.54, 1.807) is 24.8 Å². The Balaban J connectivity index is 2.05. The lowest BCUT2D eigenvalue weighted by molar-refractivity contribution is 0.199. The van der Waals surface area contributed by atoms with Gasteiger partial charge in [-0.2, -0.15) is 0 Å². The fourth-order valence-electron chi connectivity index (χ4n) is 1.83. The van der Waals surface area contributed by atoms with Gasteiger partial charge in [0, 0.05) is 10.6 Å². The van der Waals surface area contributed by atoms with E-state index in [9.17, 15) is 9.50 Å². The molecule has 0 amide bonds. The summed E-state index contributed by atoms with van der Waals surface area (Å²) in [7, 11) is 1.45. The third-order valence-corrected chi connectivity index (χ3v) is 4.03. The molecular weight excluding hydrogens is 275 g/mol. The van der Waals surface area contributed by atoms with E-state index in [0.29, 0.717) is 5.75 Å². The third kappa shape index (κ3) is 3.74. The molecule has 0 aliphatic heterocycles. The topological polar surface area (TPSA) is 29.5 Å². The van der Waals surface area contributed by atoms with E-state index in [4.69, 9.17) is 4.74 Å². The van der Waals surface area contributed by atoms with Crippen molar-refractivity contribution >= 4 is 11.8 Å². The van der Waals surface area contributed by atoms with Gasteiger partial charge in [0.2, 0.25) is 0 Å². The minimum Gasteiger partial charge on any atom is -0.494 e. The molecule has 0 saturated carbocycles. The minimum absolute atomic E-state index is 0.259. The van der Waals surface area contributed by atoms with Crippen molar-refractivity contribution < 1.29 is 14.2 Å². The van der Waals surface area contributed by atoms with Gasteiger partial charge < -0.3 is 9.84 Å². The number of thioether (sulfide) groups is 1. The van der Waals surface area contributed by atoms with Crippen molar-refractivity contribution in [3.05, 3.63) is 59.4 Å². The molecule has 20 heavy (non-hydrogen) atoms. The first-order valence-electron chi connectivity index (χ1n) is 6.33. The van der Waals surface area contributed by atoms with Gasteiger partial charge in [-0.05, 0) is 42.3 Å². The number of halogens is 1. The van der Waals surface area contributed by atoms with Crippen molar-refractivity contribution in [2.24, 2.45) is 0 Å². The number of rotatable bonds is 5. The van der Waals surface area contributed by atoms with E-state index in [1.165, 1.54) is 13.2 Å². The Morgan fingerprint density at radius 2 is 2.05 bits per heavy atom. The zero-order valence-electron chi connectivity index (χ0n) is 11.5. The predicted octanol–water partition coefficient (Wildman–Crippen LogP) is 4.18. The average Bonchev–Trinajstić information content (AvgIpc) is 2.45. The predicted molar refractivity (Wildman–Crippen MR) is 79.6 cm³/mol. The fourth-order valence-corrected chi connectivity index (χ4v) is 2.74. The molecule has 0 bridgehead atoms. The molecule has 4 heteroatoms. The van der Waals surface area contributed by atoms with Crippen LogP contribution in [0, 0.1) is 5.82 Å². The molecule has 0 saturated heterocycles. The van der Waals surface area contributed by atoms with Gasteiger partial charge in [-0.1, -0.05) is 18.2 Å². The van der Waals surface area contributed by atoms with Crippen LogP contribution in [0.2, 0.25) is 0 Å². The summed E-state index contributed by atoms with van der Waals surface area (Å²) in [5.41, 5.74) is 1.78. The molecule has 106 valence electrons. The molecule has 1 unspecified atom stereocenters. The summed E-state index contributed by atoms with van der Waals surface area (Å²) >= 11 is 1.61.